The molecule has 3 aromatic heterocycles. The molecule has 1 fully saturated rings. The number of thiazole rings is 1. The van der Waals surface area contributed by atoms with Crippen molar-refractivity contribution in [3.05, 3.63) is 56.1 Å². The van der Waals surface area contributed by atoms with Gasteiger partial charge in [0.2, 0.25) is 0 Å². The lowest BCUT2D eigenvalue weighted by Crippen LogP contribution is -2.32. The van der Waals surface area contributed by atoms with E-state index in [1.54, 1.807) is 23.5 Å². The number of nitrogens with zero attached hydrogens (tertiary/aromatic N) is 3. The molecule has 128 valence electrons. The Hall–Kier alpha value is -2.32. The summed E-state index contributed by atoms with van der Waals surface area (Å²) in [4.78, 5) is 29.5. The largest absolute Gasteiger partial charge is 0.348 e. The van der Waals surface area contributed by atoms with Gasteiger partial charge in [-0.2, -0.15) is 5.10 Å². The van der Waals surface area contributed by atoms with Crippen molar-refractivity contribution in [3.63, 3.8) is 0 Å². The average Bonchev–Trinajstić information content (AvgIpc) is 3.11. The van der Waals surface area contributed by atoms with Crippen LogP contribution in [0.1, 0.15) is 34.3 Å². The van der Waals surface area contributed by atoms with Gasteiger partial charge in [-0.15, -0.1) is 22.7 Å². The molecule has 8 heteroatoms. The summed E-state index contributed by atoms with van der Waals surface area (Å²) in [5, 5.41) is 11.5. The summed E-state index contributed by atoms with van der Waals surface area (Å²) >= 11 is 2.91. The molecule has 0 aliphatic heterocycles. The fourth-order valence-corrected chi connectivity index (χ4v) is 3.98. The number of carbonyl (C=O) groups excluding carboxylic acids is 1. The number of aromatic nitrogens is 3. The van der Waals surface area contributed by atoms with Crippen LogP contribution >= 0.6 is 22.7 Å². The third-order valence-electron chi connectivity index (χ3n) is 3.96. The van der Waals surface area contributed by atoms with Crippen LogP contribution in [-0.4, -0.2) is 27.2 Å². The molecule has 1 saturated carbocycles. The summed E-state index contributed by atoms with van der Waals surface area (Å²) in [7, 11) is 0. The van der Waals surface area contributed by atoms with Crippen molar-refractivity contribution in [2.45, 2.75) is 25.3 Å². The van der Waals surface area contributed by atoms with Crippen LogP contribution in [0.25, 0.3) is 10.6 Å². The molecule has 3 heterocycles. The van der Waals surface area contributed by atoms with Gasteiger partial charge in [-0.1, -0.05) is 6.07 Å². The van der Waals surface area contributed by atoms with E-state index >= 15 is 0 Å². The van der Waals surface area contributed by atoms with E-state index in [0.29, 0.717) is 24.0 Å². The highest BCUT2D eigenvalue weighted by Gasteiger charge is 2.25. The predicted molar refractivity (Wildman–Crippen MR) is 98.2 cm³/mol. The Morgan fingerprint density at radius 3 is 2.92 bits per heavy atom. The molecule has 1 N–H and O–H groups in total. The van der Waals surface area contributed by atoms with E-state index in [1.807, 2.05) is 22.9 Å². The molecule has 4 rings (SSSR count). The minimum atomic E-state index is -0.223. The lowest BCUT2D eigenvalue weighted by molar-refractivity contribution is 0.0951. The highest BCUT2D eigenvalue weighted by Crippen LogP contribution is 2.38. The maximum absolute atomic E-state index is 12.2. The zero-order valence-corrected chi connectivity index (χ0v) is 15.0. The Kier molecular flexibility index (Phi) is 4.46. The van der Waals surface area contributed by atoms with Gasteiger partial charge >= 0.3 is 0 Å². The molecule has 3 aromatic rings. The fraction of sp³-hybridized carbons (Fsp3) is 0.294. The SMILES string of the molecule is O=C(NCCn1nc(C2CC2)ccc1=O)c1nc(-c2cccs2)cs1. The van der Waals surface area contributed by atoms with Gasteiger partial charge in [-0.3, -0.25) is 9.59 Å². The van der Waals surface area contributed by atoms with E-state index in [2.05, 4.69) is 15.4 Å². The van der Waals surface area contributed by atoms with Crippen molar-refractivity contribution in [1.29, 1.82) is 0 Å². The molecular formula is C17H16N4O2S2. The zero-order valence-electron chi connectivity index (χ0n) is 13.3. The Morgan fingerprint density at radius 2 is 2.16 bits per heavy atom. The third kappa shape index (κ3) is 3.69. The lowest BCUT2D eigenvalue weighted by Gasteiger charge is -2.07. The second kappa shape index (κ2) is 6.89. The summed E-state index contributed by atoms with van der Waals surface area (Å²) < 4.78 is 1.42. The molecule has 0 aromatic carbocycles. The zero-order chi connectivity index (χ0) is 17.2. The van der Waals surface area contributed by atoms with Crippen LogP contribution in [0.3, 0.4) is 0 Å². The van der Waals surface area contributed by atoms with Gasteiger partial charge in [0.25, 0.3) is 11.5 Å². The summed E-state index contributed by atoms with van der Waals surface area (Å²) in [5.74, 6) is 0.270. The van der Waals surface area contributed by atoms with E-state index in [9.17, 15) is 9.59 Å². The minimum absolute atomic E-state index is 0.145. The van der Waals surface area contributed by atoms with Crippen molar-refractivity contribution in [2.75, 3.05) is 6.54 Å². The first-order valence-corrected chi connectivity index (χ1v) is 9.82. The molecule has 0 unspecified atom stereocenters. The average molecular weight is 372 g/mol. The number of thiophene rings is 1. The van der Waals surface area contributed by atoms with Gasteiger partial charge in [-0.05, 0) is 30.4 Å². The first-order chi connectivity index (χ1) is 12.2. The maximum atomic E-state index is 12.2. The normalized spacial score (nSPS) is 13.8. The molecule has 0 bridgehead atoms. The fourth-order valence-electron chi connectivity index (χ4n) is 2.49. The quantitative estimate of drug-likeness (QED) is 0.722. The van der Waals surface area contributed by atoms with Crippen LogP contribution in [0.15, 0.2) is 39.8 Å². The van der Waals surface area contributed by atoms with Gasteiger partial charge in [0, 0.05) is 23.9 Å². The molecular weight excluding hydrogens is 356 g/mol. The number of rotatable bonds is 6. The molecule has 0 spiro atoms. The Bertz CT molecular complexity index is 942. The second-order valence-electron chi connectivity index (χ2n) is 5.86. The van der Waals surface area contributed by atoms with Crippen molar-refractivity contribution in [1.82, 2.24) is 20.1 Å². The minimum Gasteiger partial charge on any atom is -0.348 e. The van der Waals surface area contributed by atoms with Crippen molar-refractivity contribution in [2.24, 2.45) is 0 Å². The summed E-state index contributed by atoms with van der Waals surface area (Å²) in [6.07, 6.45) is 2.27. The molecule has 0 atom stereocenters. The molecule has 0 saturated heterocycles. The van der Waals surface area contributed by atoms with Crippen LogP contribution in [0.2, 0.25) is 0 Å². The Morgan fingerprint density at radius 1 is 1.28 bits per heavy atom. The number of amides is 1. The van der Waals surface area contributed by atoms with Crippen LogP contribution in [0, 0.1) is 0 Å². The van der Waals surface area contributed by atoms with Gasteiger partial charge in [-0.25, -0.2) is 9.67 Å². The topological polar surface area (TPSA) is 76.9 Å². The molecule has 25 heavy (non-hydrogen) atoms. The van der Waals surface area contributed by atoms with E-state index in [0.717, 1.165) is 29.1 Å². The van der Waals surface area contributed by atoms with E-state index in [4.69, 9.17) is 0 Å². The first-order valence-electron chi connectivity index (χ1n) is 8.06. The monoisotopic (exact) mass is 372 g/mol. The second-order valence-corrected chi connectivity index (χ2v) is 7.67. The van der Waals surface area contributed by atoms with E-state index < -0.39 is 0 Å². The van der Waals surface area contributed by atoms with Crippen LogP contribution in [0.4, 0.5) is 0 Å². The van der Waals surface area contributed by atoms with Gasteiger partial charge in [0.05, 0.1) is 22.8 Å². The van der Waals surface area contributed by atoms with Crippen molar-refractivity contribution < 1.29 is 4.79 Å². The summed E-state index contributed by atoms with van der Waals surface area (Å²) in [6.45, 7) is 0.696. The van der Waals surface area contributed by atoms with Crippen LogP contribution in [0.5, 0.6) is 0 Å². The molecule has 1 amide bonds. The smallest absolute Gasteiger partial charge is 0.280 e. The lowest BCUT2D eigenvalue weighted by atomic mass is 10.3. The number of hydrogen-bond acceptors (Lipinski definition) is 6. The summed E-state index contributed by atoms with van der Waals surface area (Å²) in [5.41, 5.74) is 1.64. The van der Waals surface area contributed by atoms with Crippen molar-refractivity contribution >= 4 is 28.6 Å². The van der Waals surface area contributed by atoms with Crippen LogP contribution in [-0.2, 0) is 6.54 Å². The van der Waals surface area contributed by atoms with Gasteiger partial charge in [0.15, 0.2) is 5.01 Å². The molecule has 6 nitrogen and oxygen atoms in total. The highest BCUT2D eigenvalue weighted by molar-refractivity contribution is 7.15. The maximum Gasteiger partial charge on any atom is 0.280 e. The molecule has 1 aliphatic carbocycles. The Labute approximate surface area is 152 Å². The standard InChI is InChI=1S/C17H16N4O2S2/c22-15-6-5-12(11-3-4-11)20-21(15)8-7-18-16(23)17-19-13(10-25-17)14-2-1-9-24-14/h1-2,5-6,9-11H,3-4,7-8H2,(H,18,23). The van der Waals surface area contributed by atoms with E-state index in [1.165, 1.54) is 16.0 Å². The highest BCUT2D eigenvalue weighted by atomic mass is 32.1. The number of nitrogens with one attached hydrogen (secondary N) is 1. The van der Waals surface area contributed by atoms with E-state index in [-0.39, 0.29) is 11.5 Å². The predicted octanol–water partition coefficient (Wildman–Crippen LogP) is 2.74. The third-order valence-corrected chi connectivity index (χ3v) is 5.70. The van der Waals surface area contributed by atoms with Crippen LogP contribution < -0.4 is 10.9 Å². The molecule has 0 radical (unpaired) electrons. The number of hydrogen-bond donors (Lipinski definition) is 1. The number of carbonyl (C=O) groups is 1. The summed E-state index contributed by atoms with van der Waals surface area (Å²) in [6, 6.07) is 7.29. The first kappa shape index (κ1) is 16.2. The Balaban J connectivity index is 1.36. The van der Waals surface area contributed by atoms with Gasteiger partial charge in [0.1, 0.15) is 0 Å². The molecule has 1 aliphatic rings. The van der Waals surface area contributed by atoms with Gasteiger partial charge < -0.3 is 5.32 Å². The van der Waals surface area contributed by atoms with Crippen molar-refractivity contribution in [3.8, 4) is 10.6 Å².